The lowest BCUT2D eigenvalue weighted by Gasteiger charge is -2.00. The molecule has 0 saturated carbocycles. The fourth-order valence-electron chi connectivity index (χ4n) is 0.881. The SMILES string of the molecule is O=c1[nH]c(=O)n(CC=CCS)cc1Br. The summed E-state index contributed by atoms with van der Waals surface area (Å²) < 4.78 is 1.74. The molecule has 1 rings (SSSR count). The van der Waals surface area contributed by atoms with Crippen molar-refractivity contribution in [2.24, 2.45) is 0 Å². The van der Waals surface area contributed by atoms with Gasteiger partial charge in [0.05, 0.1) is 4.47 Å². The molecule has 1 aromatic rings. The first kappa shape index (κ1) is 11.3. The molecule has 0 fully saturated rings. The van der Waals surface area contributed by atoms with E-state index in [1.165, 1.54) is 10.8 Å². The van der Waals surface area contributed by atoms with E-state index in [2.05, 4.69) is 33.5 Å². The summed E-state index contributed by atoms with van der Waals surface area (Å²) in [6.45, 7) is 0.425. The van der Waals surface area contributed by atoms with Gasteiger partial charge >= 0.3 is 5.69 Å². The highest BCUT2D eigenvalue weighted by atomic mass is 79.9. The smallest absolute Gasteiger partial charge is 0.296 e. The highest BCUT2D eigenvalue weighted by Gasteiger charge is 1.99. The summed E-state index contributed by atoms with van der Waals surface area (Å²) in [4.78, 5) is 24.4. The Labute approximate surface area is 94.2 Å². The molecule has 0 amide bonds. The van der Waals surface area contributed by atoms with E-state index in [1.807, 2.05) is 6.08 Å². The van der Waals surface area contributed by atoms with Gasteiger partial charge in [-0.2, -0.15) is 12.6 Å². The number of aromatic nitrogens is 2. The zero-order valence-corrected chi connectivity index (χ0v) is 9.72. The molecule has 4 nitrogen and oxygen atoms in total. The Balaban J connectivity index is 2.99. The summed E-state index contributed by atoms with van der Waals surface area (Å²) >= 11 is 7.03. The molecule has 1 N–H and O–H groups in total. The molecule has 0 aliphatic heterocycles. The molecule has 1 heterocycles. The van der Waals surface area contributed by atoms with Crippen LogP contribution in [0, 0.1) is 0 Å². The number of halogens is 1. The van der Waals surface area contributed by atoms with Crippen LogP contribution < -0.4 is 11.2 Å². The minimum absolute atomic E-state index is 0.344. The molecule has 0 bridgehead atoms. The first-order valence-electron chi connectivity index (χ1n) is 3.90. The summed E-state index contributed by atoms with van der Waals surface area (Å²) in [5.41, 5.74) is -0.827. The van der Waals surface area contributed by atoms with Gasteiger partial charge in [-0.05, 0) is 15.9 Å². The van der Waals surface area contributed by atoms with E-state index in [4.69, 9.17) is 0 Å². The third-order valence-electron chi connectivity index (χ3n) is 1.54. The monoisotopic (exact) mass is 276 g/mol. The maximum atomic E-state index is 11.2. The van der Waals surface area contributed by atoms with Crippen molar-refractivity contribution in [2.45, 2.75) is 6.54 Å². The van der Waals surface area contributed by atoms with Crippen molar-refractivity contribution in [3.8, 4) is 0 Å². The van der Waals surface area contributed by atoms with E-state index in [0.717, 1.165) is 0 Å². The first-order chi connectivity index (χ1) is 6.65. The van der Waals surface area contributed by atoms with E-state index in [0.29, 0.717) is 16.8 Å². The van der Waals surface area contributed by atoms with Gasteiger partial charge in [-0.1, -0.05) is 12.2 Å². The Morgan fingerprint density at radius 3 is 2.86 bits per heavy atom. The largest absolute Gasteiger partial charge is 0.328 e. The van der Waals surface area contributed by atoms with Crippen molar-refractivity contribution in [2.75, 3.05) is 5.75 Å². The van der Waals surface area contributed by atoms with E-state index in [-0.39, 0.29) is 0 Å². The number of hydrogen-bond acceptors (Lipinski definition) is 3. The molecule has 0 spiro atoms. The maximum absolute atomic E-state index is 11.2. The van der Waals surface area contributed by atoms with E-state index in [1.54, 1.807) is 6.08 Å². The number of nitrogens with zero attached hydrogens (tertiary/aromatic N) is 1. The van der Waals surface area contributed by atoms with E-state index < -0.39 is 11.2 Å². The lowest BCUT2D eigenvalue weighted by atomic mass is 10.5. The molecule has 14 heavy (non-hydrogen) atoms. The van der Waals surface area contributed by atoms with Crippen LogP contribution in [0.1, 0.15) is 0 Å². The van der Waals surface area contributed by atoms with Crippen molar-refractivity contribution in [3.05, 3.63) is 43.7 Å². The maximum Gasteiger partial charge on any atom is 0.328 e. The summed E-state index contributed by atoms with van der Waals surface area (Å²) in [5, 5.41) is 0. The van der Waals surface area contributed by atoms with Crippen LogP contribution in [-0.2, 0) is 6.54 Å². The molecule has 6 heteroatoms. The van der Waals surface area contributed by atoms with Crippen LogP contribution in [0.15, 0.2) is 32.4 Å². The predicted molar refractivity (Wildman–Crippen MR) is 62.0 cm³/mol. The lowest BCUT2D eigenvalue weighted by molar-refractivity contribution is 0.730. The zero-order chi connectivity index (χ0) is 10.6. The van der Waals surface area contributed by atoms with Crippen molar-refractivity contribution in [1.29, 1.82) is 0 Å². The number of thiol groups is 1. The number of allylic oxidation sites excluding steroid dienone is 1. The van der Waals surface area contributed by atoms with Gasteiger partial charge in [0.25, 0.3) is 5.56 Å². The average Bonchev–Trinajstić information content (AvgIpc) is 2.14. The third-order valence-corrected chi connectivity index (χ3v) is 2.32. The second kappa shape index (κ2) is 5.21. The summed E-state index contributed by atoms with van der Waals surface area (Å²) in [6, 6.07) is 0. The Morgan fingerprint density at radius 1 is 1.50 bits per heavy atom. The molecular weight excluding hydrogens is 268 g/mol. The van der Waals surface area contributed by atoms with Gasteiger partial charge in [0.2, 0.25) is 0 Å². The van der Waals surface area contributed by atoms with Crippen LogP contribution in [0.3, 0.4) is 0 Å². The highest BCUT2D eigenvalue weighted by Crippen LogP contribution is 1.97. The van der Waals surface area contributed by atoms with Crippen LogP contribution in [0.25, 0.3) is 0 Å². The molecule has 0 radical (unpaired) electrons. The Hall–Kier alpha value is -0.750. The van der Waals surface area contributed by atoms with Gasteiger partial charge in [-0.3, -0.25) is 14.3 Å². The van der Waals surface area contributed by atoms with Crippen LogP contribution in [0.5, 0.6) is 0 Å². The summed E-state index contributed by atoms with van der Waals surface area (Å²) in [5.74, 6) is 0.624. The van der Waals surface area contributed by atoms with Crippen molar-refractivity contribution in [1.82, 2.24) is 9.55 Å². The first-order valence-corrected chi connectivity index (χ1v) is 5.33. The molecule has 0 aliphatic rings. The summed E-state index contributed by atoms with van der Waals surface area (Å²) in [6.07, 6.45) is 5.09. The van der Waals surface area contributed by atoms with E-state index >= 15 is 0 Å². The molecule has 0 saturated heterocycles. The number of hydrogen-bond donors (Lipinski definition) is 2. The van der Waals surface area contributed by atoms with Crippen LogP contribution in [-0.4, -0.2) is 15.3 Å². The molecule has 0 unspecified atom stereocenters. The molecule has 1 aromatic heterocycles. The minimum Gasteiger partial charge on any atom is -0.296 e. The highest BCUT2D eigenvalue weighted by molar-refractivity contribution is 9.10. The number of aromatic amines is 1. The van der Waals surface area contributed by atoms with Gasteiger partial charge in [0, 0.05) is 18.5 Å². The fraction of sp³-hybridized carbons (Fsp3) is 0.250. The average molecular weight is 277 g/mol. The van der Waals surface area contributed by atoms with Gasteiger partial charge in [0.15, 0.2) is 0 Å². The molecule has 0 aromatic carbocycles. The van der Waals surface area contributed by atoms with Crippen LogP contribution >= 0.6 is 28.6 Å². The molecule has 76 valence electrons. The molecular formula is C8H9BrN2O2S. The van der Waals surface area contributed by atoms with Gasteiger partial charge in [0.1, 0.15) is 0 Å². The van der Waals surface area contributed by atoms with Crippen molar-refractivity contribution in [3.63, 3.8) is 0 Å². The molecule has 0 aliphatic carbocycles. The van der Waals surface area contributed by atoms with Gasteiger partial charge < -0.3 is 0 Å². The van der Waals surface area contributed by atoms with Crippen LogP contribution in [0.2, 0.25) is 0 Å². The number of rotatable bonds is 3. The van der Waals surface area contributed by atoms with Crippen LogP contribution in [0.4, 0.5) is 0 Å². The fourth-order valence-corrected chi connectivity index (χ4v) is 1.38. The Morgan fingerprint density at radius 2 is 2.21 bits per heavy atom. The van der Waals surface area contributed by atoms with Crippen molar-refractivity contribution >= 4 is 28.6 Å². The standard InChI is InChI=1S/C8H9BrN2O2S/c9-6-5-11(3-1-2-4-14)8(13)10-7(6)12/h1-2,5,14H,3-4H2,(H,10,12,13). The topological polar surface area (TPSA) is 54.9 Å². The lowest BCUT2D eigenvalue weighted by Crippen LogP contribution is -2.29. The normalized spacial score (nSPS) is 11.0. The van der Waals surface area contributed by atoms with Crippen molar-refractivity contribution < 1.29 is 0 Å². The third kappa shape index (κ3) is 2.88. The number of H-pyrrole nitrogens is 1. The summed E-state index contributed by atoms with van der Waals surface area (Å²) in [7, 11) is 0. The Kier molecular flexibility index (Phi) is 4.21. The van der Waals surface area contributed by atoms with Gasteiger partial charge in [-0.15, -0.1) is 0 Å². The minimum atomic E-state index is -0.415. The quantitative estimate of drug-likeness (QED) is 0.634. The Bertz CT molecular complexity index is 449. The van der Waals surface area contributed by atoms with E-state index in [9.17, 15) is 9.59 Å². The zero-order valence-electron chi connectivity index (χ0n) is 7.24. The molecule has 0 atom stereocenters. The number of nitrogens with one attached hydrogen (secondary N) is 1. The second-order valence-corrected chi connectivity index (χ2v) is 3.76. The second-order valence-electron chi connectivity index (χ2n) is 2.54. The predicted octanol–water partition coefficient (Wildman–Crippen LogP) is 0.785. The van der Waals surface area contributed by atoms with Gasteiger partial charge in [-0.25, -0.2) is 4.79 Å².